The summed E-state index contributed by atoms with van der Waals surface area (Å²) in [7, 11) is 0. The number of likely N-dealkylation sites (N-methyl/N-ethyl adjacent to an activating group) is 1. The van der Waals surface area contributed by atoms with Crippen molar-refractivity contribution >= 4 is 11.8 Å². The number of hydrogen-bond acceptors (Lipinski definition) is 2. The van der Waals surface area contributed by atoms with Crippen LogP contribution in [0.3, 0.4) is 0 Å². The molecule has 0 saturated heterocycles. The van der Waals surface area contributed by atoms with Gasteiger partial charge >= 0.3 is 6.18 Å². The molecule has 0 spiro atoms. The Morgan fingerprint density at radius 3 is 2.79 bits per heavy atom. The third kappa shape index (κ3) is 3.89. The van der Waals surface area contributed by atoms with E-state index in [1.807, 2.05) is 31.2 Å². The van der Waals surface area contributed by atoms with Crippen LogP contribution in [0.1, 0.15) is 31.2 Å². The molecular weight excluding hydrogens is 271 g/mol. The van der Waals surface area contributed by atoms with E-state index < -0.39 is 12.6 Å². The Hall–Kier alpha value is -0.680. The maximum atomic E-state index is 12.4. The van der Waals surface area contributed by atoms with Crippen LogP contribution in [0.4, 0.5) is 13.2 Å². The molecular formula is C14H18F3NS. The summed E-state index contributed by atoms with van der Waals surface area (Å²) in [5, 5.41) is 3.22. The normalized spacial score (nSPS) is 20.3. The number of hydrogen-bond donors (Lipinski definition) is 1. The molecule has 1 aromatic rings. The molecule has 1 heterocycles. The minimum atomic E-state index is -4.07. The van der Waals surface area contributed by atoms with Gasteiger partial charge in [-0.15, -0.1) is 11.8 Å². The quantitative estimate of drug-likeness (QED) is 0.872. The summed E-state index contributed by atoms with van der Waals surface area (Å²) >= 11 is 1.74. The molecule has 0 bridgehead atoms. The molecule has 0 radical (unpaired) electrons. The van der Waals surface area contributed by atoms with Crippen molar-refractivity contribution in [3.8, 4) is 0 Å². The van der Waals surface area contributed by atoms with Gasteiger partial charge in [-0.1, -0.05) is 25.1 Å². The zero-order chi connectivity index (χ0) is 13.9. The van der Waals surface area contributed by atoms with E-state index in [-0.39, 0.29) is 18.4 Å². The van der Waals surface area contributed by atoms with Crippen LogP contribution in [0.15, 0.2) is 29.2 Å². The second-order valence-electron chi connectivity index (χ2n) is 4.77. The highest BCUT2D eigenvalue weighted by Gasteiger charge is 2.34. The van der Waals surface area contributed by atoms with E-state index in [9.17, 15) is 13.2 Å². The van der Waals surface area contributed by atoms with E-state index in [1.165, 1.54) is 10.5 Å². The number of thioether (sulfide) groups is 1. The Morgan fingerprint density at radius 1 is 1.37 bits per heavy atom. The molecule has 5 heteroatoms. The van der Waals surface area contributed by atoms with Crippen LogP contribution in [-0.2, 0) is 0 Å². The number of nitrogens with one attached hydrogen (secondary N) is 1. The highest BCUT2D eigenvalue weighted by molar-refractivity contribution is 7.99. The molecule has 2 unspecified atom stereocenters. The van der Waals surface area contributed by atoms with Gasteiger partial charge in [0.2, 0.25) is 0 Å². The van der Waals surface area contributed by atoms with Crippen molar-refractivity contribution in [1.82, 2.24) is 5.32 Å². The third-order valence-electron chi connectivity index (χ3n) is 3.43. The second kappa shape index (κ2) is 6.18. The van der Waals surface area contributed by atoms with E-state index >= 15 is 0 Å². The van der Waals surface area contributed by atoms with Crippen molar-refractivity contribution in [2.24, 2.45) is 0 Å². The van der Waals surface area contributed by atoms with Crippen molar-refractivity contribution in [3.63, 3.8) is 0 Å². The van der Waals surface area contributed by atoms with Crippen molar-refractivity contribution < 1.29 is 13.2 Å². The highest BCUT2D eigenvalue weighted by Crippen LogP contribution is 2.42. The van der Waals surface area contributed by atoms with Crippen LogP contribution >= 0.6 is 11.8 Å². The molecule has 1 N–H and O–H groups in total. The lowest BCUT2D eigenvalue weighted by Crippen LogP contribution is -2.36. The Kier molecular flexibility index (Phi) is 4.79. The smallest absolute Gasteiger partial charge is 0.314 e. The van der Waals surface area contributed by atoms with Gasteiger partial charge in [-0.3, -0.25) is 0 Å². The first-order chi connectivity index (χ1) is 9.01. The fourth-order valence-electron chi connectivity index (χ4n) is 2.55. The van der Waals surface area contributed by atoms with E-state index in [0.717, 1.165) is 5.75 Å². The van der Waals surface area contributed by atoms with Gasteiger partial charge in [0.1, 0.15) is 0 Å². The van der Waals surface area contributed by atoms with E-state index in [4.69, 9.17) is 0 Å². The predicted molar refractivity (Wildman–Crippen MR) is 72.7 cm³/mol. The van der Waals surface area contributed by atoms with Crippen LogP contribution in [0.2, 0.25) is 0 Å². The molecule has 1 nitrogen and oxygen atoms in total. The molecule has 19 heavy (non-hydrogen) atoms. The fraction of sp³-hybridized carbons (Fsp3) is 0.571. The Labute approximate surface area is 116 Å². The van der Waals surface area contributed by atoms with Crippen LogP contribution in [0.25, 0.3) is 0 Å². The van der Waals surface area contributed by atoms with E-state index in [0.29, 0.717) is 6.54 Å². The van der Waals surface area contributed by atoms with Crippen molar-refractivity contribution in [3.05, 3.63) is 29.8 Å². The number of halogens is 3. The minimum absolute atomic E-state index is 0.0947. The molecule has 2 rings (SSSR count). The van der Waals surface area contributed by atoms with Gasteiger partial charge < -0.3 is 5.32 Å². The zero-order valence-corrected chi connectivity index (χ0v) is 11.7. The summed E-state index contributed by atoms with van der Waals surface area (Å²) in [6, 6.07) is 7.93. The van der Waals surface area contributed by atoms with Crippen LogP contribution in [-0.4, -0.2) is 24.5 Å². The van der Waals surface area contributed by atoms with Gasteiger partial charge in [0.25, 0.3) is 0 Å². The summed E-state index contributed by atoms with van der Waals surface area (Å²) in [5.41, 5.74) is 1.20. The average molecular weight is 289 g/mol. The van der Waals surface area contributed by atoms with Crippen LogP contribution < -0.4 is 5.32 Å². The third-order valence-corrected chi connectivity index (χ3v) is 4.64. The van der Waals surface area contributed by atoms with E-state index in [1.54, 1.807) is 11.8 Å². The first-order valence-electron chi connectivity index (χ1n) is 6.53. The van der Waals surface area contributed by atoms with Gasteiger partial charge in [-0.2, -0.15) is 13.2 Å². The molecule has 1 aliphatic heterocycles. The molecule has 1 aromatic carbocycles. The molecule has 2 atom stereocenters. The summed E-state index contributed by atoms with van der Waals surface area (Å²) < 4.78 is 37.2. The number of alkyl halides is 3. The maximum absolute atomic E-state index is 12.4. The molecule has 0 fully saturated rings. The lowest BCUT2D eigenvalue weighted by molar-refractivity contribution is -0.136. The largest absolute Gasteiger partial charge is 0.389 e. The summed E-state index contributed by atoms with van der Waals surface area (Å²) in [4.78, 5) is 1.21. The molecule has 0 aromatic heterocycles. The van der Waals surface area contributed by atoms with Gasteiger partial charge in [0.05, 0.1) is 0 Å². The summed E-state index contributed by atoms with van der Waals surface area (Å²) in [6.45, 7) is 2.64. The van der Waals surface area contributed by atoms with E-state index in [2.05, 4.69) is 5.32 Å². The molecule has 0 aliphatic carbocycles. The molecule has 106 valence electrons. The Bertz CT molecular complexity index is 419. The highest BCUT2D eigenvalue weighted by atomic mass is 32.2. The maximum Gasteiger partial charge on any atom is 0.389 e. The van der Waals surface area contributed by atoms with Crippen LogP contribution in [0, 0.1) is 0 Å². The standard InChI is InChI=1S/C14H18F3NS/c1-2-18-12(7-8-14(15,16)17)11-9-19-13-6-4-3-5-10(11)13/h3-6,11-12,18H,2,7-9H2,1H3. The topological polar surface area (TPSA) is 12.0 Å². The lowest BCUT2D eigenvalue weighted by Gasteiger charge is -2.25. The Morgan fingerprint density at radius 2 is 2.11 bits per heavy atom. The predicted octanol–water partition coefficient (Wildman–Crippen LogP) is 4.20. The van der Waals surface area contributed by atoms with Crippen LogP contribution in [0.5, 0.6) is 0 Å². The number of fused-ring (bicyclic) bond motifs is 1. The first-order valence-corrected chi connectivity index (χ1v) is 7.51. The number of benzene rings is 1. The first kappa shape index (κ1) is 14.7. The molecule has 0 amide bonds. The van der Waals surface area contributed by atoms with Crippen molar-refractivity contribution in [2.45, 2.75) is 42.8 Å². The second-order valence-corrected chi connectivity index (χ2v) is 5.84. The molecule has 1 aliphatic rings. The monoisotopic (exact) mass is 289 g/mol. The Balaban J connectivity index is 2.08. The fourth-order valence-corrected chi connectivity index (χ4v) is 3.88. The summed E-state index contributed by atoms with van der Waals surface area (Å²) in [5.74, 6) is 1.05. The average Bonchev–Trinajstić information content (AvgIpc) is 2.77. The number of rotatable bonds is 5. The summed E-state index contributed by atoms with van der Waals surface area (Å²) in [6.07, 6.45) is -4.64. The van der Waals surface area contributed by atoms with Crippen molar-refractivity contribution in [2.75, 3.05) is 12.3 Å². The SMILES string of the molecule is CCNC(CCC(F)(F)F)C1CSc2ccccc21. The minimum Gasteiger partial charge on any atom is -0.314 e. The zero-order valence-electron chi connectivity index (χ0n) is 10.8. The van der Waals surface area contributed by atoms with Gasteiger partial charge in [0, 0.05) is 29.0 Å². The molecule has 0 saturated carbocycles. The van der Waals surface area contributed by atoms with Gasteiger partial charge in [0.15, 0.2) is 0 Å². The lowest BCUT2D eigenvalue weighted by atomic mass is 9.90. The van der Waals surface area contributed by atoms with Crippen molar-refractivity contribution in [1.29, 1.82) is 0 Å². The van der Waals surface area contributed by atoms with Gasteiger partial charge in [-0.05, 0) is 24.6 Å². The van der Waals surface area contributed by atoms with Gasteiger partial charge in [-0.25, -0.2) is 0 Å².